The highest BCUT2D eigenvalue weighted by molar-refractivity contribution is 6.32. The van der Waals surface area contributed by atoms with Gasteiger partial charge >= 0.3 is 0 Å². The standard InChI is InChI=1S/C18H19ClO/c1-3-4-6-14-9-11-15(12-10-14)16-7-5-8-17(19)18(16)13(2)20/h5,7-12,20H,2-4,6H2,1H3. The predicted octanol–water partition coefficient (Wildman–Crippen LogP) is 5.88. The van der Waals surface area contributed by atoms with Crippen LogP contribution >= 0.6 is 11.6 Å². The number of halogens is 1. The zero-order chi connectivity index (χ0) is 14.5. The summed E-state index contributed by atoms with van der Waals surface area (Å²) in [7, 11) is 0. The summed E-state index contributed by atoms with van der Waals surface area (Å²) in [4.78, 5) is 0. The van der Waals surface area contributed by atoms with Crippen molar-refractivity contribution in [3.63, 3.8) is 0 Å². The van der Waals surface area contributed by atoms with Crippen molar-refractivity contribution >= 4 is 17.4 Å². The monoisotopic (exact) mass is 286 g/mol. The van der Waals surface area contributed by atoms with Gasteiger partial charge < -0.3 is 5.11 Å². The van der Waals surface area contributed by atoms with Crippen LogP contribution < -0.4 is 0 Å². The van der Waals surface area contributed by atoms with Crippen LogP contribution in [-0.4, -0.2) is 5.11 Å². The van der Waals surface area contributed by atoms with Crippen molar-refractivity contribution in [1.82, 2.24) is 0 Å². The van der Waals surface area contributed by atoms with E-state index in [0.717, 1.165) is 17.5 Å². The first-order valence-electron chi connectivity index (χ1n) is 6.89. The molecule has 0 fully saturated rings. The smallest absolute Gasteiger partial charge is 0.117 e. The first kappa shape index (κ1) is 14.7. The third kappa shape index (κ3) is 3.23. The molecule has 0 saturated carbocycles. The zero-order valence-corrected chi connectivity index (χ0v) is 12.5. The summed E-state index contributed by atoms with van der Waals surface area (Å²) < 4.78 is 0. The third-order valence-corrected chi connectivity index (χ3v) is 3.70. The Kier molecular flexibility index (Phi) is 4.86. The van der Waals surface area contributed by atoms with E-state index in [1.807, 2.05) is 12.1 Å². The second-order valence-electron chi connectivity index (χ2n) is 4.91. The van der Waals surface area contributed by atoms with Gasteiger partial charge in [0.25, 0.3) is 0 Å². The molecule has 0 unspecified atom stereocenters. The van der Waals surface area contributed by atoms with Crippen molar-refractivity contribution < 1.29 is 5.11 Å². The molecule has 0 radical (unpaired) electrons. The van der Waals surface area contributed by atoms with Crippen molar-refractivity contribution in [2.75, 3.05) is 0 Å². The average molecular weight is 287 g/mol. The van der Waals surface area contributed by atoms with Crippen LogP contribution in [-0.2, 0) is 6.42 Å². The molecule has 0 bridgehead atoms. The van der Waals surface area contributed by atoms with Crippen molar-refractivity contribution in [2.45, 2.75) is 26.2 Å². The lowest BCUT2D eigenvalue weighted by Gasteiger charge is -2.11. The van der Waals surface area contributed by atoms with Gasteiger partial charge in [0.15, 0.2) is 0 Å². The van der Waals surface area contributed by atoms with Crippen LogP contribution in [0.2, 0.25) is 5.02 Å². The molecule has 2 heteroatoms. The maximum Gasteiger partial charge on any atom is 0.117 e. The maximum atomic E-state index is 9.74. The van der Waals surface area contributed by atoms with Crippen molar-refractivity contribution in [3.8, 4) is 11.1 Å². The van der Waals surface area contributed by atoms with Gasteiger partial charge in [0.1, 0.15) is 5.76 Å². The van der Waals surface area contributed by atoms with E-state index in [9.17, 15) is 5.11 Å². The average Bonchev–Trinajstić information content (AvgIpc) is 2.45. The fraction of sp³-hybridized carbons (Fsp3) is 0.222. The Morgan fingerprint density at radius 1 is 1.15 bits per heavy atom. The number of aliphatic hydroxyl groups excluding tert-OH is 1. The molecule has 2 aromatic carbocycles. The van der Waals surface area contributed by atoms with Gasteiger partial charge in [-0.05, 0) is 35.6 Å². The molecule has 0 spiro atoms. The highest BCUT2D eigenvalue weighted by Crippen LogP contribution is 2.33. The van der Waals surface area contributed by atoms with E-state index >= 15 is 0 Å². The molecule has 0 aliphatic heterocycles. The molecule has 0 aliphatic carbocycles. The third-order valence-electron chi connectivity index (χ3n) is 3.39. The Morgan fingerprint density at radius 2 is 1.85 bits per heavy atom. The Hall–Kier alpha value is -1.73. The minimum atomic E-state index is 0.000611. The first-order valence-corrected chi connectivity index (χ1v) is 7.27. The van der Waals surface area contributed by atoms with Crippen LogP contribution in [0.3, 0.4) is 0 Å². The number of aliphatic hydroxyl groups is 1. The quantitative estimate of drug-likeness (QED) is 0.681. The molecule has 2 aromatic rings. The summed E-state index contributed by atoms with van der Waals surface area (Å²) in [5, 5.41) is 10.3. The molecular formula is C18H19ClO. The van der Waals surface area contributed by atoms with Crippen molar-refractivity contribution in [1.29, 1.82) is 0 Å². The first-order chi connectivity index (χ1) is 9.63. The number of hydrogen-bond acceptors (Lipinski definition) is 1. The van der Waals surface area contributed by atoms with E-state index in [0.29, 0.717) is 10.6 Å². The number of unbranched alkanes of at least 4 members (excludes halogenated alkanes) is 1. The minimum absolute atomic E-state index is 0.000611. The Balaban J connectivity index is 2.37. The lowest BCUT2D eigenvalue weighted by Crippen LogP contribution is -1.91. The van der Waals surface area contributed by atoms with Crippen LogP contribution in [0.15, 0.2) is 49.0 Å². The largest absolute Gasteiger partial charge is 0.508 e. The summed E-state index contributed by atoms with van der Waals surface area (Å²) in [6, 6.07) is 14.0. The van der Waals surface area contributed by atoms with E-state index in [1.165, 1.54) is 18.4 Å². The SMILES string of the molecule is C=C(O)c1c(Cl)cccc1-c1ccc(CCCC)cc1. The number of hydrogen-bond donors (Lipinski definition) is 1. The van der Waals surface area contributed by atoms with E-state index in [4.69, 9.17) is 11.6 Å². The number of aryl methyl sites for hydroxylation is 1. The molecule has 1 N–H and O–H groups in total. The van der Waals surface area contributed by atoms with Gasteiger partial charge in [-0.2, -0.15) is 0 Å². The van der Waals surface area contributed by atoms with Gasteiger partial charge in [-0.25, -0.2) is 0 Å². The molecule has 0 aliphatic rings. The van der Waals surface area contributed by atoms with Gasteiger partial charge in [0, 0.05) is 5.56 Å². The summed E-state index contributed by atoms with van der Waals surface area (Å²) >= 11 is 6.15. The second-order valence-corrected chi connectivity index (χ2v) is 5.32. The minimum Gasteiger partial charge on any atom is -0.508 e. The molecule has 104 valence electrons. The van der Waals surface area contributed by atoms with Crippen molar-refractivity contribution in [2.24, 2.45) is 0 Å². The molecule has 0 heterocycles. The highest BCUT2D eigenvalue weighted by atomic mass is 35.5. The molecule has 0 atom stereocenters. The highest BCUT2D eigenvalue weighted by Gasteiger charge is 2.11. The fourth-order valence-electron chi connectivity index (χ4n) is 2.29. The molecular weight excluding hydrogens is 268 g/mol. The Morgan fingerprint density at radius 3 is 2.45 bits per heavy atom. The lowest BCUT2D eigenvalue weighted by molar-refractivity contribution is 0.514. The van der Waals surface area contributed by atoms with Crippen LogP contribution in [0, 0.1) is 0 Å². The molecule has 0 saturated heterocycles. The van der Waals surface area contributed by atoms with Gasteiger partial charge in [-0.15, -0.1) is 0 Å². The van der Waals surface area contributed by atoms with E-state index in [-0.39, 0.29) is 5.76 Å². The van der Waals surface area contributed by atoms with Crippen LogP contribution in [0.25, 0.3) is 16.9 Å². The summed E-state index contributed by atoms with van der Waals surface area (Å²) in [6.07, 6.45) is 3.51. The summed E-state index contributed by atoms with van der Waals surface area (Å²) in [6.45, 7) is 5.80. The van der Waals surface area contributed by atoms with Gasteiger partial charge in [-0.3, -0.25) is 0 Å². The van der Waals surface area contributed by atoms with E-state index < -0.39 is 0 Å². The van der Waals surface area contributed by atoms with Gasteiger partial charge in [0.2, 0.25) is 0 Å². The topological polar surface area (TPSA) is 20.2 Å². The number of rotatable bonds is 5. The lowest BCUT2D eigenvalue weighted by atomic mass is 9.97. The normalized spacial score (nSPS) is 10.5. The van der Waals surface area contributed by atoms with Crippen LogP contribution in [0.1, 0.15) is 30.9 Å². The maximum absolute atomic E-state index is 9.74. The molecule has 0 amide bonds. The predicted molar refractivity (Wildman–Crippen MR) is 87.2 cm³/mol. The Bertz CT molecular complexity index is 599. The summed E-state index contributed by atoms with van der Waals surface area (Å²) in [5.74, 6) is 0.000611. The zero-order valence-electron chi connectivity index (χ0n) is 11.7. The van der Waals surface area contributed by atoms with E-state index in [2.05, 4.69) is 37.8 Å². The number of benzene rings is 2. The van der Waals surface area contributed by atoms with E-state index in [1.54, 1.807) is 6.07 Å². The Labute approximate surface area is 125 Å². The molecule has 20 heavy (non-hydrogen) atoms. The molecule has 2 rings (SSSR count). The molecule has 1 nitrogen and oxygen atoms in total. The van der Waals surface area contributed by atoms with Gasteiger partial charge in [-0.1, -0.05) is 67.9 Å². The fourth-order valence-corrected chi connectivity index (χ4v) is 2.57. The van der Waals surface area contributed by atoms with Gasteiger partial charge in [0.05, 0.1) is 5.02 Å². The molecule has 0 aromatic heterocycles. The van der Waals surface area contributed by atoms with Crippen LogP contribution in [0.4, 0.5) is 0 Å². The second kappa shape index (κ2) is 6.62. The summed E-state index contributed by atoms with van der Waals surface area (Å²) in [5.41, 5.74) is 3.89. The van der Waals surface area contributed by atoms with Crippen LogP contribution in [0.5, 0.6) is 0 Å². The van der Waals surface area contributed by atoms with Crippen molar-refractivity contribution in [3.05, 3.63) is 65.2 Å².